The first-order valence-electron chi connectivity index (χ1n) is 5.67. The highest BCUT2D eigenvalue weighted by molar-refractivity contribution is 5.97. The third-order valence-corrected chi connectivity index (χ3v) is 2.64. The fourth-order valence-corrected chi connectivity index (χ4v) is 1.52. The number of nitrogens with zero attached hydrogens (tertiary/aromatic N) is 1. The lowest BCUT2D eigenvalue weighted by molar-refractivity contribution is -0.385. The van der Waals surface area contributed by atoms with Gasteiger partial charge in [-0.2, -0.15) is 0 Å². The number of hydrogen-bond acceptors (Lipinski definition) is 4. The third-order valence-electron chi connectivity index (χ3n) is 2.64. The second-order valence-corrected chi connectivity index (χ2v) is 3.99. The molecule has 1 amide bonds. The molecular formula is C12H14N2O5. The minimum absolute atomic E-state index is 0.0667. The molecule has 0 unspecified atom stereocenters. The summed E-state index contributed by atoms with van der Waals surface area (Å²) in [5, 5.41) is 21.8. The number of aryl methyl sites for hydroxylation is 1. The highest BCUT2D eigenvalue weighted by Crippen LogP contribution is 2.20. The van der Waals surface area contributed by atoms with E-state index in [2.05, 4.69) is 5.32 Å². The number of hydrogen-bond donors (Lipinski definition) is 2. The first-order chi connectivity index (χ1) is 8.86. The number of nitro benzene ring substituents is 1. The van der Waals surface area contributed by atoms with Crippen LogP contribution in [0.3, 0.4) is 0 Å². The summed E-state index contributed by atoms with van der Waals surface area (Å²) < 4.78 is 0. The molecule has 1 rings (SSSR count). The Hall–Kier alpha value is -2.44. The summed E-state index contributed by atoms with van der Waals surface area (Å²) in [6, 6.07) is 3.04. The monoisotopic (exact) mass is 266 g/mol. The number of carboxylic acids is 1. The lowest BCUT2D eigenvalue weighted by Crippen LogP contribution is -2.38. The number of benzene rings is 1. The molecular weight excluding hydrogens is 252 g/mol. The molecule has 19 heavy (non-hydrogen) atoms. The van der Waals surface area contributed by atoms with Crippen LogP contribution in [0.4, 0.5) is 5.69 Å². The Morgan fingerprint density at radius 1 is 1.47 bits per heavy atom. The number of carbonyl (C=O) groups is 2. The molecule has 0 aliphatic carbocycles. The van der Waals surface area contributed by atoms with Gasteiger partial charge in [0.05, 0.1) is 4.92 Å². The minimum Gasteiger partial charge on any atom is -0.480 e. The zero-order valence-electron chi connectivity index (χ0n) is 10.5. The van der Waals surface area contributed by atoms with Gasteiger partial charge in [-0.3, -0.25) is 19.7 Å². The maximum Gasteiger partial charge on any atom is 0.325 e. The molecule has 0 saturated heterocycles. The number of rotatable bonds is 5. The molecule has 102 valence electrons. The summed E-state index contributed by atoms with van der Waals surface area (Å²) in [5.74, 6) is -1.83. The number of nitro groups is 1. The van der Waals surface area contributed by atoms with E-state index in [1.165, 1.54) is 19.1 Å². The van der Waals surface area contributed by atoms with E-state index in [9.17, 15) is 19.7 Å². The number of carboxylic acid groups (broad SMARTS) is 1. The van der Waals surface area contributed by atoms with Gasteiger partial charge in [0, 0.05) is 17.2 Å². The Balaban J connectivity index is 3.02. The van der Waals surface area contributed by atoms with Gasteiger partial charge in [-0.1, -0.05) is 13.0 Å². The van der Waals surface area contributed by atoms with Gasteiger partial charge in [-0.25, -0.2) is 0 Å². The average molecular weight is 266 g/mol. The molecule has 0 radical (unpaired) electrons. The largest absolute Gasteiger partial charge is 0.480 e. The molecule has 0 aliphatic rings. The molecule has 7 nitrogen and oxygen atoms in total. The van der Waals surface area contributed by atoms with Crippen LogP contribution in [0.15, 0.2) is 18.2 Å². The van der Waals surface area contributed by atoms with Crippen molar-refractivity contribution in [1.82, 2.24) is 5.32 Å². The number of amides is 1. The van der Waals surface area contributed by atoms with Crippen LogP contribution in [0, 0.1) is 10.1 Å². The number of nitrogens with one attached hydrogen (secondary N) is 1. The Kier molecular flexibility index (Phi) is 4.57. The van der Waals surface area contributed by atoms with E-state index >= 15 is 0 Å². The summed E-state index contributed by atoms with van der Waals surface area (Å²) >= 11 is 0. The molecule has 0 fully saturated rings. The predicted octanol–water partition coefficient (Wildman–Crippen LogP) is 1.36. The Labute approximate surface area is 109 Å². The number of aliphatic carboxylic acids is 1. The summed E-state index contributed by atoms with van der Waals surface area (Å²) in [4.78, 5) is 32.7. The average Bonchev–Trinajstić information content (AvgIpc) is 2.37. The fourth-order valence-electron chi connectivity index (χ4n) is 1.52. The Bertz CT molecular complexity index is 527. The van der Waals surface area contributed by atoms with E-state index in [-0.39, 0.29) is 11.3 Å². The summed E-state index contributed by atoms with van der Waals surface area (Å²) in [6.45, 7) is 3.09. The van der Waals surface area contributed by atoms with Crippen molar-refractivity contribution in [1.29, 1.82) is 0 Å². The highest BCUT2D eigenvalue weighted by Gasteiger charge is 2.19. The van der Waals surface area contributed by atoms with Crippen LogP contribution in [-0.2, 0) is 11.2 Å². The SMILES string of the molecule is CCc1ccc(C(=O)N[C@@H](C)C(=O)O)cc1[N+](=O)[O-]. The molecule has 0 bridgehead atoms. The van der Waals surface area contributed by atoms with Gasteiger partial charge in [0.2, 0.25) is 0 Å². The van der Waals surface area contributed by atoms with Gasteiger partial charge < -0.3 is 10.4 Å². The lowest BCUT2D eigenvalue weighted by Gasteiger charge is -2.09. The van der Waals surface area contributed by atoms with Crippen LogP contribution in [-0.4, -0.2) is 27.9 Å². The van der Waals surface area contributed by atoms with Crippen molar-refractivity contribution >= 4 is 17.6 Å². The van der Waals surface area contributed by atoms with Gasteiger partial charge in [0.25, 0.3) is 11.6 Å². The quantitative estimate of drug-likeness (QED) is 0.617. The van der Waals surface area contributed by atoms with Gasteiger partial charge >= 0.3 is 5.97 Å². The third kappa shape index (κ3) is 3.51. The molecule has 0 aliphatic heterocycles. The van der Waals surface area contributed by atoms with Crippen LogP contribution >= 0.6 is 0 Å². The van der Waals surface area contributed by atoms with Gasteiger partial charge in [-0.15, -0.1) is 0 Å². The van der Waals surface area contributed by atoms with E-state index in [1.54, 1.807) is 6.92 Å². The number of carbonyl (C=O) groups excluding carboxylic acids is 1. The van der Waals surface area contributed by atoms with E-state index in [0.717, 1.165) is 6.07 Å². The highest BCUT2D eigenvalue weighted by atomic mass is 16.6. The predicted molar refractivity (Wildman–Crippen MR) is 67.0 cm³/mol. The molecule has 0 saturated carbocycles. The van der Waals surface area contributed by atoms with Gasteiger partial charge in [0.1, 0.15) is 6.04 Å². The fraction of sp³-hybridized carbons (Fsp3) is 0.333. The zero-order chi connectivity index (χ0) is 14.6. The van der Waals surface area contributed by atoms with Crippen molar-refractivity contribution < 1.29 is 19.6 Å². The molecule has 1 aromatic rings. The van der Waals surface area contributed by atoms with Crippen molar-refractivity contribution in [2.45, 2.75) is 26.3 Å². The lowest BCUT2D eigenvalue weighted by atomic mass is 10.1. The Morgan fingerprint density at radius 3 is 2.58 bits per heavy atom. The van der Waals surface area contributed by atoms with Crippen LogP contribution < -0.4 is 5.32 Å². The van der Waals surface area contributed by atoms with Crippen molar-refractivity contribution in [2.24, 2.45) is 0 Å². The maximum absolute atomic E-state index is 11.7. The van der Waals surface area contributed by atoms with Crippen LogP contribution in [0.5, 0.6) is 0 Å². The van der Waals surface area contributed by atoms with Gasteiger partial charge in [0.15, 0.2) is 0 Å². The van der Waals surface area contributed by atoms with E-state index in [1.807, 2.05) is 0 Å². The van der Waals surface area contributed by atoms with Crippen LogP contribution in [0.25, 0.3) is 0 Å². The van der Waals surface area contributed by atoms with Crippen LogP contribution in [0.1, 0.15) is 29.8 Å². The van der Waals surface area contributed by atoms with Crippen molar-refractivity contribution in [2.75, 3.05) is 0 Å². The molecule has 1 aromatic carbocycles. The van der Waals surface area contributed by atoms with Crippen molar-refractivity contribution in [3.8, 4) is 0 Å². The van der Waals surface area contributed by atoms with E-state index in [4.69, 9.17) is 5.11 Å². The summed E-state index contributed by atoms with van der Waals surface area (Å²) in [7, 11) is 0. The first kappa shape index (κ1) is 14.6. The second-order valence-electron chi connectivity index (χ2n) is 3.99. The topological polar surface area (TPSA) is 110 Å². The molecule has 0 heterocycles. The normalized spacial score (nSPS) is 11.7. The van der Waals surface area contributed by atoms with E-state index < -0.39 is 22.8 Å². The second kappa shape index (κ2) is 5.94. The first-order valence-corrected chi connectivity index (χ1v) is 5.67. The standard InChI is InChI=1S/C12H14N2O5/c1-3-8-4-5-9(6-10(8)14(18)19)11(15)13-7(2)12(16)17/h4-7H,3H2,1-2H3,(H,13,15)(H,16,17)/t7-/m0/s1. The van der Waals surface area contributed by atoms with Crippen molar-refractivity contribution in [3.63, 3.8) is 0 Å². The molecule has 0 aromatic heterocycles. The smallest absolute Gasteiger partial charge is 0.325 e. The molecule has 1 atom stereocenters. The van der Waals surface area contributed by atoms with Gasteiger partial charge in [-0.05, 0) is 19.4 Å². The van der Waals surface area contributed by atoms with Crippen molar-refractivity contribution in [3.05, 3.63) is 39.4 Å². The van der Waals surface area contributed by atoms with Crippen LogP contribution in [0.2, 0.25) is 0 Å². The Morgan fingerprint density at radius 2 is 2.11 bits per heavy atom. The summed E-state index contributed by atoms with van der Waals surface area (Å²) in [5.41, 5.74) is 0.447. The summed E-state index contributed by atoms with van der Waals surface area (Å²) in [6.07, 6.45) is 0.476. The molecule has 2 N–H and O–H groups in total. The van der Waals surface area contributed by atoms with E-state index in [0.29, 0.717) is 12.0 Å². The molecule has 0 spiro atoms. The minimum atomic E-state index is -1.17. The zero-order valence-corrected chi connectivity index (χ0v) is 10.5. The maximum atomic E-state index is 11.7. The molecule has 7 heteroatoms.